The first-order chi connectivity index (χ1) is 51.0. The second kappa shape index (κ2) is 44.8. The fourth-order valence-corrected chi connectivity index (χ4v) is 18.1. The molecule has 0 amide bonds. The van der Waals surface area contributed by atoms with Crippen molar-refractivity contribution in [2.75, 3.05) is 0 Å². The van der Waals surface area contributed by atoms with E-state index < -0.39 is 5.41 Å². The van der Waals surface area contributed by atoms with Crippen molar-refractivity contribution < 1.29 is 260 Å². The molecule has 0 saturated carbocycles. The summed E-state index contributed by atoms with van der Waals surface area (Å²) in [6.45, 7) is 0. The molecule has 22 rings (SSSR count). The Balaban J connectivity index is 0.000000320. The summed E-state index contributed by atoms with van der Waals surface area (Å²) in [5.74, 6) is 0. The molecule has 1 N–H and O–H groups in total. The van der Waals surface area contributed by atoms with Crippen LogP contribution in [0.5, 0.6) is 0 Å². The average molecular weight is 2220 g/mol. The topological polar surface area (TPSA) is 30.6 Å². The number of rotatable bonds is 7. The molecule has 0 saturated heterocycles. The van der Waals surface area contributed by atoms with E-state index in [4.69, 9.17) is 0 Å². The van der Waals surface area contributed by atoms with Gasteiger partial charge in [-0.05, 0) is 152 Å². The van der Waals surface area contributed by atoms with Crippen LogP contribution < -0.4 is 0 Å². The van der Waals surface area contributed by atoms with E-state index >= 15 is 0 Å². The van der Waals surface area contributed by atoms with E-state index in [0.29, 0.717) is 0 Å². The largest absolute Gasteiger partial charge is 0.354 e. The summed E-state index contributed by atoms with van der Waals surface area (Å²) in [7, 11) is 0. The Morgan fingerprint density at radius 3 is 0.856 bits per heavy atom. The number of nitrogens with one attached hydrogen (secondary N) is 1. The van der Waals surface area contributed by atoms with Gasteiger partial charge in [-0.15, -0.1) is 24.0 Å². The van der Waals surface area contributed by atoms with Crippen molar-refractivity contribution in [2.24, 2.45) is 0 Å². The number of aromatic amines is 1. The van der Waals surface area contributed by atoms with Gasteiger partial charge in [0.2, 0.25) is 0 Å². The molecule has 16 aromatic carbocycles. The maximum atomic E-state index is 3.71. The number of nitrogens with zero attached hydrogens (tertiary/aromatic N) is 3. The first-order valence-corrected chi connectivity index (χ1v) is 36.2. The predicted octanol–water partition coefficient (Wildman–Crippen LogP) is 26.1. The second-order valence-electron chi connectivity index (χ2n) is 27.2. The minimum Gasteiger partial charge on any atom is -0.354 e. The van der Waals surface area contributed by atoms with Crippen LogP contribution in [0.2, 0.25) is 0 Å². The van der Waals surface area contributed by atoms with Gasteiger partial charge in [-0.1, -0.05) is 319 Å². The smallest absolute Gasteiger partial charge is 0.0714 e. The third-order valence-corrected chi connectivity index (χ3v) is 22.4. The Morgan fingerprint density at radius 2 is 0.458 bits per heavy atom. The van der Waals surface area contributed by atoms with Crippen LogP contribution in [0.3, 0.4) is 0 Å². The summed E-state index contributed by atoms with van der Waals surface area (Å²) < 4.78 is 8.36. The molecule has 0 atom stereocenters. The summed E-state index contributed by atoms with van der Waals surface area (Å²) in [4.78, 5) is 3.56. The number of fused-ring (bicyclic) bond motifs is 18. The number of benzene rings is 16. The molecule has 0 fully saturated rings. The second-order valence-corrected chi connectivity index (χ2v) is 28.1. The van der Waals surface area contributed by atoms with E-state index in [2.05, 4.69) is 423 Å². The van der Waals surface area contributed by atoms with E-state index in [1.165, 1.54) is 160 Å². The van der Waals surface area contributed by atoms with Crippen LogP contribution in [0.1, 0.15) is 44.5 Å². The molecule has 4 heterocycles. The maximum absolute atomic E-state index is 3.71. The van der Waals surface area contributed by atoms with Crippen molar-refractivity contribution in [3.63, 3.8) is 0 Å². The SMILES string of the molecule is Brc1ccc2c(c1)C(c1ccccc1)(c1ccccc1)c1ccccc1-2.I.[V].[V].[V].[V].[V].[V].[V].[V].[V].[V].[V].[V].[V].[V].c1ccc(C2(c3ccccc3)c3ccccc3-c3ccc(-n4c5ccccc5c5ccc(-n6c7ccccc7c7ccccc76)cc54)cc32)cc1.c1ccc2c(c1)[nH]c1cc(-n3c4ccccc4c4ccccc43)ccc12. The summed E-state index contributed by atoms with van der Waals surface area (Å²) in [5.41, 5.74) is 28.1. The monoisotopic (exact) mass is 2220 g/mol. The molecule has 4 aromatic heterocycles. The summed E-state index contributed by atoms with van der Waals surface area (Å²) in [5, 5.41) is 10.2. The Kier molecular flexibility index (Phi) is 39.7. The van der Waals surface area contributed by atoms with Crippen molar-refractivity contribution in [1.82, 2.24) is 18.7 Å². The van der Waals surface area contributed by atoms with E-state index in [-0.39, 0.29) is 289 Å². The molecule has 14 radical (unpaired) electrons. The van der Waals surface area contributed by atoms with E-state index in [9.17, 15) is 0 Å². The number of H-pyrrole nitrogens is 1. The first-order valence-electron chi connectivity index (χ1n) is 35.4. The van der Waals surface area contributed by atoms with Crippen LogP contribution in [-0.2, 0) is 271 Å². The first kappa shape index (κ1) is 105. The molecule has 562 valence electrons. The zero-order chi connectivity index (χ0) is 68.2. The molecule has 118 heavy (non-hydrogen) atoms. The van der Waals surface area contributed by atoms with Crippen LogP contribution in [0.25, 0.3) is 127 Å². The van der Waals surface area contributed by atoms with Crippen LogP contribution in [0, 0.1) is 0 Å². The summed E-state index contributed by atoms with van der Waals surface area (Å²) in [6, 6.07) is 141. The number of hydrogen-bond donors (Lipinski definition) is 1. The van der Waals surface area contributed by atoms with Gasteiger partial charge in [0, 0.05) is 335 Å². The van der Waals surface area contributed by atoms with Crippen molar-refractivity contribution in [2.45, 2.75) is 10.8 Å². The van der Waals surface area contributed by atoms with Gasteiger partial charge in [0.15, 0.2) is 0 Å². The quantitative estimate of drug-likeness (QED) is 0.154. The van der Waals surface area contributed by atoms with Gasteiger partial charge < -0.3 is 18.7 Å². The third-order valence-electron chi connectivity index (χ3n) is 21.9. The van der Waals surface area contributed by atoms with Gasteiger partial charge in [0.1, 0.15) is 0 Å². The number of halogens is 2. The minimum atomic E-state index is -0.461. The Hall–Kier alpha value is -3.89. The molecule has 4 nitrogen and oxygen atoms in total. The molecular formula is C98H66BrIN4V14. The van der Waals surface area contributed by atoms with E-state index in [1.54, 1.807) is 0 Å². The van der Waals surface area contributed by atoms with Gasteiger partial charge in [-0.25, -0.2) is 0 Å². The molecule has 20 heteroatoms. The average Bonchev–Trinajstić information content (AvgIpc) is 1.54. The van der Waals surface area contributed by atoms with Crippen molar-refractivity contribution in [3.05, 3.63) is 437 Å². The zero-order valence-corrected chi connectivity index (χ0v) is 86.3. The summed E-state index contributed by atoms with van der Waals surface area (Å²) >= 11 is 3.71. The number of para-hydroxylation sites is 6. The van der Waals surface area contributed by atoms with Gasteiger partial charge in [0.25, 0.3) is 0 Å². The van der Waals surface area contributed by atoms with Gasteiger partial charge in [-0.2, -0.15) is 0 Å². The van der Waals surface area contributed by atoms with Gasteiger partial charge in [0.05, 0.1) is 43.9 Å². The Labute approximate surface area is 880 Å². The molecule has 0 spiro atoms. The summed E-state index contributed by atoms with van der Waals surface area (Å²) in [6.07, 6.45) is 0. The van der Waals surface area contributed by atoms with Gasteiger partial charge >= 0.3 is 0 Å². The normalized spacial score (nSPS) is 11.4. The zero-order valence-electron chi connectivity index (χ0n) is 62.8. The number of hydrogen-bond acceptors (Lipinski definition) is 0. The minimum absolute atomic E-state index is 0. The fourth-order valence-electron chi connectivity index (χ4n) is 17.7. The van der Waals surface area contributed by atoms with Crippen LogP contribution >= 0.6 is 39.9 Å². The van der Waals surface area contributed by atoms with E-state index in [1.807, 2.05) is 0 Å². The molecule has 20 aromatic rings. The van der Waals surface area contributed by atoms with Crippen LogP contribution in [0.4, 0.5) is 0 Å². The van der Waals surface area contributed by atoms with Crippen molar-refractivity contribution in [3.8, 4) is 39.3 Å². The third kappa shape index (κ3) is 17.6. The molecular weight excluding hydrogens is 2150 g/mol. The van der Waals surface area contributed by atoms with Crippen LogP contribution in [-0.4, -0.2) is 18.7 Å². The number of aromatic nitrogens is 4. The predicted molar refractivity (Wildman–Crippen MR) is 449 cm³/mol. The van der Waals surface area contributed by atoms with E-state index in [0.717, 1.165) is 15.8 Å². The molecule has 2 aliphatic carbocycles. The standard InChI is InChI=1S/C49H32N2.C25H17Br.C24H16N2.HI.14V/c1-3-15-33(16-4-1)49(34-17-5-2-6-18-34)43-23-11-7-19-37(43)38-29-27-35(31-44(38)49)51-47-26-14-10-22-41(47)42-30-28-36(32-48(42)51)50-45-24-12-8-20-39(45)40-21-9-13-25-46(40)50;26-20-15-16-22-21-13-7-8-14-23(21)25(24(22)17-20,18-9-3-1-4-10-18)19-11-5-2-6-12-19;1-4-10-21-17(7-1)18-14-13-16(15-22(18)25-21)26-23-11-5-2-8-19(23)20-9-3-6-12-24(20)26;;;;;;;;;;;;;;;/h1-32H;1-17H;1-15,25H;1H;;;;;;;;;;;;;;. The van der Waals surface area contributed by atoms with Crippen molar-refractivity contribution in [1.29, 1.82) is 0 Å². The molecule has 0 unspecified atom stereocenters. The molecule has 0 bridgehead atoms. The maximum Gasteiger partial charge on any atom is 0.0714 e. The van der Waals surface area contributed by atoms with Crippen LogP contribution in [0.15, 0.2) is 393 Å². The molecule has 2 aliphatic rings. The van der Waals surface area contributed by atoms with Gasteiger partial charge in [-0.3, -0.25) is 0 Å². The Morgan fingerprint density at radius 1 is 0.195 bits per heavy atom. The molecule has 0 aliphatic heterocycles. The fraction of sp³-hybridized carbons (Fsp3) is 0.0204. The van der Waals surface area contributed by atoms with Crippen molar-refractivity contribution >= 4 is 127 Å². The Bertz CT molecular complexity index is 6580.